The zero-order valence-electron chi connectivity index (χ0n) is 15.7. The second-order valence-corrected chi connectivity index (χ2v) is 6.69. The number of amides is 1. The van der Waals surface area contributed by atoms with E-state index in [0.29, 0.717) is 22.3 Å². The summed E-state index contributed by atoms with van der Waals surface area (Å²) < 4.78 is 1.79. The summed E-state index contributed by atoms with van der Waals surface area (Å²) in [5, 5.41) is 6.63. The van der Waals surface area contributed by atoms with Crippen LogP contribution in [-0.4, -0.2) is 25.4 Å². The zero-order chi connectivity index (χ0) is 20.8. The van der Waals surface area contributed by atoms with Crippen LogP contribution in [0.5, 0.6) is 0 Å². The maximum Gasteiger partial charge on any atom is 0.248 e. The van der Waals surface area contributed by atoms with E-state index >= 15 is 0 Å². The number of benzene rings is 2. The highest BCUT2D eigenvalue weighted by Gasteiger charge is 2.03. The first-order chi connectivity index (χ1) is 14.7. The normalized spacial score (nSPS) is 10.8. The summed E-state index contributed by atoms with van der Waals surface area (Å²) in [7, 11) is 0. The third-order valence-electron chi connectivity index (χ3n) is 4.17. The number of imidazole rings is 1. The lowest BCUT2D eigenvalue weighted by atomic mass is 10.2. The average Bonchev–Trinajstić information content (AvgIpc) is 3.30. The van der Waals surface area contributed by atoms with Gasteiger partial charge in [-0.25, -0.2) is 15.0 Å². The molecule has 148 valence electrons. The van der Waals surface area contributed by atoms with Crippen molar-refractivity contribution in [3.8, 4) is 5.82 Å². The number of anilines is 3. The van der Waals surface area contributed by atoms with Crippen molar-refractivity contribution in [2.75, 3.05) is 10.6 Å². The number of hydrogen-bond donors (Lipinski definition) is 2. The maximum absolute atomic E-state index is 12.1. The SMILES string of the molecule is O=C(/C=C/c1ccccc1Cl)Nc1ccc(Nc2cc(-n3ccnc3)ncn2)cc1. The van der Waals surface area contributed by atoms with Gasteiger partial charge in [0.05, 0.1) is 0 Å². The quantitative estimate of drug-likeness (QED) is 0.444. The van der Waals surface area contributed by atoms with E-state index in [1.807, 2.05) is 54.7 Å². The molecule has 30 heavy (non-hydrogen) atoms. The van der Waals surface area contributed by atoms with Crippen LogP contribution in [0.25, 0.3) is 11.9 Å². The molecule has 0 atom stereocenters. The Labute approximate surface area is 178 Å². The van der Waals surface area contributed by atoms with E-state index in [2.05, 4.69) is 25.6 Å². The first-order valence-electron chi connectivity index (χ1n) is 9.08. The van der Waals surface area contributed by atoms with E-state index in [0.717, 1.165) is 11.3 Å². The molecule has 0 aliphatic heterocycles. The summed E-state index contributed by atoms with van der Waals surface area (Å²) >= 11 is 6.09. The Morgan fingerprint density at radius 3 is 2.60 bits per heavy atom. The highest BCUT2D eigenvalue weighted by molar-refractivity contribution is 6.32. The van der Waals surface area contributed by atoms with Crippen LogP contribution in [-0.2, 0) is 4.79 Å². The summed E-state index contributed by atoms with van der Waals surface area (Å²) in [5.41, 5.74) is 2.29. The van der Waals surface area contributed by atoms with E-state index in [1.165, 1.54) is 12.4 Å². The molecule has 0 aliphatic rings. The van der Waals surface area contributed by atoms with E-state index in [-0.39, 0.29) is 5.91 Å². The average molecular weight is 417 g/mol. The summed E-state index contributed by atoms with van der Waals surface area (Å²) in [6.45, 7) is 0. The summed E-state index contributed by atoms with van der Waals surface area (Å²) in [6.07, 6.45) is 9.78. The highest BCUT2D eigenvalue weighted by Crippen LogP contribution is 2.19. The minimum absolute atomic E-state index is 0.239. The lowest BCUT2D eigenvalue weighted by Gasteiger charge is -2.08. The van der Waals surface area contributed by atoms with Gasteiger partial charge in [0.1, 0.15) is 24.3 Å². The summed E-state index contributed by atoms with van der Waals surface area (Å²) in [6, 6.07) is 16.5. The first kappa shape index (κ1) is 19.4. The molecule has 0 aliphatic carbocycles. The predicted octanol–water partition coefficient (Wildman–Crippen LogP) is 4.71. The lowest BCUT2D eigenvalue weighted by Crippen LogP contribution is -2.07. The number of carbonyl (C=O) groups is 1. The molecule has 0 fully saturated rings. The predicted molar refractivity (Wildman–Crippen MR) is 118 cm³/mol. The molecule has 8 heteroatoms. The van der Waals surface area contributed by atoms with Gasteiger partial charge in [-0.1, -0.05) is 29.8 Å². The van der Waals surface area contributed by atoms with Crippen molar-refractivity contribution in [1.82, 2.24) is 19.5 Å². The van der Waals surface area contributed by atoms with Crippen LogP contribution in [0.4, 0.5) is 17.2 Å². The molecule has 4 rings (SSSR count). The zero-order valence-corrected chi connectivity index (χ0v) is 16.5. The molecule has 4 aromatic rings. The van der Waals surface area contributed by atoms with Crippen molar-refractivity contribution in [2.24, 2.45) is 0 Å². The molecule has 0 unspecified atom stereocenters. The standard InChI is InChI=1S/C22H17ClN6O/c23-19-4-2-1-3-16(19)5-10-22(30)28-18-8-6-17(7-9-18)27-20-13-21(26-14-25-20)29-12-11-24-15-29/h1-15H,(H,28,30)(H,25,26,27)/b10-5+. The van der Waals surface area contributed by atoms with Gasteiger partial charge in [-0.2, -0.15) is 0 Å². The summed E-state index contributed by atoms with van der Waals surface area (Å²) in [4.78, 5) is 24.6. The number of hydrogen-bond acceptors (Lipinski definition) is 5. The number of aromatic nitrogens is 4. The lowest BCUT2D eigenvalue weighted by molar-refractivity contribution is -0.111. The smallest absolute Gasteiger partial charge is 0.248 e. The van der Waals surface area contributed by atoms with Crippen LogP contribution in [0.1, 0.15) is 5.56 Å². The molecule has 0 bridgehead atoms. The Kier molecular flexibility index (Phi) is 5.82. The maximum atomic E-state index is 12.1. The molecule has 2 aromatic heterocycles. The van der Waals surface area contributed by atoms with Crippen molar-refractivity contribution < 1.29 is 4.79 Å². The van der Waals surface area contributed by atoms with Gasteiger partial charge in [-0.05, 0) is 42.0 Å². The number of halogens is 1. The monoisotopic (exact) mass is 416 g/mol. The van der Waals surface area contributed by atoms with Crippen molar-refractivity contribution in [3.63, 3.8) is 0 Å². The minimum atomic E-state index is -0.239. The van der Waals surface area contributed by atoms with Crippen LogP contribution in [0.15, 0.2) is 85.7 Å². The first-order valence-corrected chi connectivity index (χ1v) is 9.46. The molecule has 1 amide bonds. The number of rotatable bonds is 6. The van der Waals surface area contributed by atoms with E-state index in [4.69, 9.17) is 11.6 Å². The fraction of sp³-hybridized carbons (Fsp3) is 0. The molecule has 2 N–H and O–H groups in total. The number of nitrogens with one attached hydrogen (secondary N) is 2. The van der Waals surface area contributed by atoms with Gasteiger partial charge in [0.25, 0.3) is 0 Å². The topological polar surface area (TPSA) is 84.7 Å². The van der Waals surface area contributed by atoms with E-state index in [1.54, 1.807) is 29.2 Å². The Hall–Kier alpha value is -3.97. The second kappa shape index (κ2) is 9.02. The largest absolute Gasteiger partial charge is 0.340 e. The van der Waals surface area contributed by atoms with Crippen LogP contribution in [0.2, 0.25) is 5.02 Å². The van der Waals surface area contributed by atoms with Crippen LogP contribution < -0.4 is 10.6 Å². The van der Waals surface area contributed by atoms with Crippen LogP contribution >= 0.6 is 11.6 Å². The van der Waals surface area contributed by atoms with Crippen molar-refractivity contribution >= 4 is 40.8 Å². The number of nitrogens with zero attached hydrogens (tertiary/aromatic N) is 4. The molecule has 2 aromatic carbocycles. The minimum Gasteiger partial charge on any atom is -0.340 e. The molecule has 2 heterocycles. The van der Waals surface area contributed by atoms with E-state index < -0.39 is 0 Å². The van der Waals surface area contributed by atoms with Gasteiger partial charge in [0.15, 0.2) is 0 Å². The Balaban J connectivity index is 1.38. The molecule has 0 saturated carbocycles. The Morgan fingerprint density at radius 1 is 1.03 bits per heavy atom. The van der Waals surface area contributed by atoms with Crippen LogP contribution in [0.3, 0.4) is 0 Å². The third kappa shape index (κ3) is 4.89. The van der Waals surface area contributed by atoms with Gasteiger partial charge in [0.2, 0.25) is 5.91 Å². The molecule has 7 nitrogen and oxygen atoms in total. The van der Waals surface area contributed by atoms with Crippen molar-refractivity contribution in [3.05, 3.63) is 96.3 Å². The fourth-order valence-electron chi connectivity index (χ4n) is 2.70. The summed E-state index contributed by atoms with van der Waals surface area (Å²) in [5.74, 6) is 1.11. The van der Waals surface area contributed by atoms with Crippen molar-refractivity contribution in [2.45, 2.75) is 0 Å². The molecule has 0 spiro atoms. The Morgan fingerprint density at radius 2 is 1.83 bits per heavy atom. The molecular weight excluding hydrogens is 400 g/mol. The van der Waals surface area contributed by atoms with Gasteiger partial charge >= 0.3 is 0 Å². The van der Waals surface area contributed by atoms with Crippen molar-refractivity contribution in [1.29, 1.82) is 0 Å². The molecule has 0 radical (unpaired) electrons. The number of carbonyl (C=O) groups excluding carboxylic acids is 1. The van der Waals surface area contributed by atoms with Crippen LogP contribution in [0, 0.1) is 0 Å². The van der Waals surface area contributed by atoms with E-state index in [9.17, 15) is 4.79 Å². The van der Waals surface area contributed by atoms with Gasteiger partial charge < -0.3 is 10.6 Å². The molecular formula is C22H17ClN6O. The Bertz CT molecular complexity index is 1170. The van der Waals surface area contributed by atoms with Gasteiger partial charge in [-0.15, -0.1) is 0 Å². The fourth-order valence-corrected chi connectivity index (χ4v) is 2.89. The van der Waals surface area contributed by atoms with Gasteiger partial charge in [0, 0.05) is 40.9 Å². The second-order valence-electron chi connectivity index (χ2n) is 6.28. The van der Waals surface area contributed by atoms with Gasteiger partial charge in [-0.3, -0.25) is 9.36 Å². The molecule has 0 saturated heterocycles. The third-order valence-corrected chi connectivity index (χ3v) is 4.51. The highest BCUT2D eigenvalue weighted by atomic mass is 35.5.